The van der Waals surface area contributed by atoms with Crippen molar-refractivity contribution in [3.05, 3.63) is 23.3 Å². The number of carboxylic acid groups (broad SMARTS) is 1. The number of anilines is 2. The standard InChI is InChI=1S/C14H18N4O3/c1-16-8-9-11(3-2-10(15)12(9)13(16)19)17-4-6-18(7-5-17)14(20)21/h2-3H,4-8,15H2,1H3,(H,20,21). The minimum Gasteiger partial charge on any atom is -0.465 e. The Kier molecular flexibility index (Phi) is 3.12. The Labute approximate surface area is 122 Å². The van der Waals surface area contributed by atoms with Gasteiger partial charge in [0.2, 0.25) is 0 Å². The summed E-state index contributed by atoms with van der Waals surface area (Å²) in [5, 5.41) is 9.00. The second-order valence-electron chi connectivity index (χ2n) is 5.45. The van der Waals surface area contributed by atoms with Gasteiger partial charge in [-0.05, 0) is 12.1 Å². The maximum absolute atomic E-state index is 12.1. The lowest BCUT2D eigenvalue weighted by Gasteiger charge is -2.35. The fraction of sp³-hybridized carbons (Fsp3) is 0.429. The number of hydrogen-bond donors (Lipinski definition) is 2. The van der Waals surface area contributed by atoms with Crippen molar-refractivity contribution in [2.24, 2.45) is 0 Å². The molecule has 112 valence electrons. The first-order valence-corrected chi connectivity index (χ1v) is 6.88. The Morgan fingerprint density at radius 3 is 2.52 bits per heavy atom. The van der Waals surface area contributed by atoms with Crippen LogP contribution in [0.2, 0.25) is 0 Å². The van der Waals surface area contributed by atoms with E-state index in [4.69, 9.17) is 10.8 Å². The number of carbonyl (C=O) groups is 2. The SMILES string of the molecule is CN1Cc2c(N3CCN(C(=O)O)CC3)ccc(N)c2C1=O. The van der Waals surface area contributed by atoms with Crippen molar-refractivity contribution < 1.29 is 14.7 Å². The number of nitrogens with two attached hydrogens (primary N) is 1. The Hall–Kier alpha value is -2.44. The van der Waals surface area contributed by atoms with Gasteiger partial charge in [-0.25, -0.2) is 4.79 Å². The summed E-state index contributed by atoms with van der Waals surface area (Å²) in [6.45, 7) is 2.74. The molecule has 21 heavy (non-hydrogen) atoms. The molecule has 0 radical (unpaired) electrons. The summed E-state index contributed by atoms with van der Waals surface area (Å²) in [5.74, 6) is -0.0477. The van der Waals surface area contributed by atoms with Gasteiger partial charge >= 0.3 is 6.09 Å². The van der Waals surface area contributed by atoms with Gasteiger partial charge < -0.3 is 25.5 Å². The first kappa shape index (κ1) is 13.5. The first-order valence-electron chi connectivity index (χ1n) is 6.88. The van der Waals surface area contributed by atoms with Gasteiger partial charge in [0.05, 0.1) is 5.56 Å². The predicted molar refractivity (Wildman–Crippen MR) is 78.5 cm³/mol. The molecule has 1 aromatic rings. The van der Waals surface area contributed by atoms with Gasteiger partial charge in [-0.1, -0.05) is 0 Å². The van der Waals surface area contributed by atoms with Crippen LogP contribution in [0.4, 0.5) is 16.2 Å². The molecule has 0 bridgehead atoms. The highest BCUT2D eigenvalue weighted by molar-refractivity contribution is 6.04. The average Bonchev–Trinajstić information content (AvgIpc) is 2.76. The highest BCUT2D eigenvalue weighted by Crippen LogP contribution is 2.35. The fourth-order valence-corrected chi connectivity index (χ4v) is 3.00. The van der Waals surface area contributed by atoms with E-state index in [-0.39, 0.29) is 5.91 Å². The van der Waals surface area contributed by atoms with Crippen LogP contribution in [-0.4, -0.2) is 60.1 Å². The highest BCUT2D eigenvalue weighted by atomic mass is 16.4. The molecule has 7 nitrogen and oxygen atoms in total. The molecule has 0 unspecified atom stereocenters. The van der Waals surface area contributed by atoms with Gasteiger partial charge in [0.15, 0.2) is 0 Å². The van der Waals surface area contributed by atoms with Gasteiger partial charge in [-0.3, -0.25) is 4.79 Å². The summed E-state index contributed by atoms with van der Waals surface area (Å²) in [7, 11) is 1.76. The molecule has 2 amide bonds. The van der Waals surface area contributed by atoms with E-state index in [1.807, 2.05) is 6.07 Å². The third-order valence-corrected chi connectivity index (χ3v) is 4.17. The van der Waals surface area contributed by atoms with Crippen molar-refractivity contribution in [1.29, 1.82) is 0 Å². The second-order valence-corrected chi connectivity index (χ2v) is 5.45. The number of nitrogen functional groups attached to an aromatic ring is 1. The second kappa shape index (κ2) is 4.83. The molecule has 3 rings (SSSR count). The van der Waals surface area contributed by atoms with E-state index in [2.05, 4.69) is 4.90 Å². The van der Waals surface area contributed by atoms with Crippen molar-refractivity contribution >= 4 is 23.4 Å². The Morgan fingerprint density at radius 2 is 1.90 bits per heavy atom. The maximum Gasteiger partial charge on any atom is 0.407 e. The van der Waals surface area contributed by atoms with E-state index in [1.54, 1.807) is 18.0 Å². The number of nitrogens with zero attached hydrogens (tertiary/aromatic N) is 3. The van der Waals surface area contributed by atoms with Crippen molar-refractivity contribution in [1.82, 2.24) is 9.80 Å². The Morgan fingerprint density at radius 1 is 1.24 bits per heavy atom. The minimum absolute atomic E-state index is 0.0477. The topological polar surface area (TPSA) is 90.1 Å². The highest BCUT2D eigenvalue weighted by Gasteiger charge is 2.31. The van der Waals surface area contributed by atoms with Crippen molar-refractivity contribution in [3.63, 3.8) is 0 Å². The monoisotopic (exact) mass is 290 g/mol. The molecule has 3 N–H and O–H groups in total. The van der Waals surface area contributed by atoms with E-state index in [0.717, 1.165) is 11.3 Å². The Bertz CT molecular complexity index is 608. The lowest BCUT2D eigenvalue weighted by molar-refractivity contribution is 0.0817. The van der Waals surface area contributed by atoms with E-state index in [1.165, 1.54) is 4.90 Å². The minimum atomic E-state index is -0.882. The van der Waals surface area contributed by atoms with E-state index in [0.29, 0.717) is 44.0 Å². The van der Waals surface area contributed by atoms with Crippen LogP contribution in [0.1, 0.15) is 15.9 Å². The molecule has 0 aromatic heterocycles. The fourth-order valence-electron chi connectivity index (χ4n) is 3.00. The molecule has 0 spiro atoms. The van der Waals surface area contributed by atoms with Gasteiger partial charge in [0, 0.05) is 56.7 Å². The van der Waals surface area contributed by atoms with Crippen LogP contribution < -0.4 is 10.6 Å². The van der Waals surface area contributed by atoms with Crippen LogP contribution in [0.25, 0.3) is 0 Å². The van der Waals surface area contributed by atoms with Gasteiger partial charge in [0.25, 0.3) is 5.91 Å². The lowest BCUT2D eigenvalue weighted by atomic mass is 10.0. The molecular weight excluding hydrogens is 272 g/mol. The average molecular weight is 290 g/mol. The number of piperazine rings is 1. The molecule has 0 aliphatic carbocycles. The first-order chi connectivity index (χ1) is 9.99. The van der Waals surface area contributed by atoms with Gasteiger partial charge in [-0.15, -0.1) is 0 Å². The molecule has 1 aromatic carbocycles. The number of hydrogen-bond acceptors (Lipinski definition) is 4. The summed E-state index contributed by atoms with van der Waals surface area (Å²) in [6, 6.07) is 3.69. The zero-order valence-electron chi connectivity index (χ0n) is 11.9. The number of fused-ring (bicyclic) bond motifs is 1. The van der Waals surface area contributed by atoms with Crippen molar-refractivity contribution in [2.45, 2.75) is 6.54 Å². The van der Waals surface area contributed by atoms with E-state index < -0.39 is 6.09 Å². The zero-order chi connectivity index (χ0) is 15.1. The molecule has 1 fully saturated rings. The van der Waals surface area contributed by atoms with Gasteiger partial charge in [-0.2, -0.15) is 0 Å². The van der Waals surface area contributed by atoms with Crippen LogP contribution in [0.15, 0.2) is 12.1 Å². The van der Waals surface area contributed by atoms with Crippen LogP contribution in [0, 0.1) is 0 Å². The Balaban J connectivity index is 1.89. The summed E-state index contributed by atoms with van der Waals surface area (Å²) in [6.07, 6.45) is -0.882. The number of rotatable bonds is 1. The maximum atomic E-state index is 12.1. The number of carbonyl (C=O) groups excluding carboxylic acids is 1. The van der Waals surface area contributed by atoms with Crippen molar-refractivity contribution in [3.8, 4) is 0 Å². The molecule has 0 saturated carbocycles. The van der Waals surface area contributed by atoms with Gasteiger partial charge in [0.1, 0.15) is 0 Å². The molecular formula is C14H18N4O3. The molecule has 2 aliphatic heterocycles. The van der Waals surface area contributed by atoms with Crippen LogP contribution >= 0.6 is 0 Å². The number of benzene rings is 1. The van der Waals surface area contributed by atoms with Crippen LogP contribution in [0.5, 0.6) is 0 Å². The molecule has 0 atom stereocenters. The molecule has 2 aliphatic rings. The van der Waals surface area contributed by atoms with Crippen molar-refractivity contribution in [2.75, 3.05) is 43.9 Å². The summed E-state index contributed by atoms with van der Waals surface area (Å²) >= 11 is 0. The largest absolute Gasteiger partial charge is 0.465 e. The zero-order valence-corrected chi connectivity index (χ0v) is 11.9. The summed E-state index contributed by atoms with van der Waals surface area (Å²) < 4.78 is 0. The molecule has 1 saturated heterocycles. The smallest absolute Gasteiger partial charge is 0.407 e. The lowest BCUT2D eigenvalue weighted by Crippen LogP contribution is -2.48. The third-order valence-electron chi connectivity index (χ3n) is 4.17. The normalized spacial score (nSPS) is 18.1. The quantitative estimate of drug-likeness (QED) is 0.741. The summed E-state index contributed by atoms with van der Waals surface area (Å²) in [4.78, 5) is 28.3. The van der Waals surface area contributed by atoms with Crippen LogP contribution in [-0.2, 0) is 6.54 Å². The molecule has 7 heteroatoms. The third kappa shape index (κ3) is 2.14. The summed E-state index contributed by atoms with van der Waals surface area (Å²) in [5.41, 5.74) is 8.97. The van der Waals surface area contributed by atoms with E-state index in [9.17, 15) is 9.59 Å². The predicted octanol–water partition coefficient (Wildman–Crippen LogP) is 0.654. The number of amides is 2. The molecule has 2 heterocycles. The van der Waals surface area contributed by atoms with Crippen LogP contribution in [0.3, 0.4) is 0 Å². The van der Waals surface area contributed by atoms with E-state index >= 15 is 0 Å².